The smallest absolute Gasteiger partial charge is 0.134 e. The lowest BCUT2D eigenvalue weighted by atomic mass is 9.91. The molecule has 0 atom stereocenters. The third kappa shape index (κ3) is 3.13. The molecule has 0 unspecified atom stereocenters. The number of phenolic OH excluding ortho intramolecular Hbond substituents is 1. The molecule has 1 aromatic carbocycles. The van der Waals surface area contributed by atoms with Gasteiger partial charge in [0, 0.05) is 0 Å². The molecule has 88 valence electrons. The zero-order valence-electron chi connectivity index (χ0n) is 9.38. The Kier molecular flexibility index (Phi) is 4.08. The zero-order valence-corrected chi connectivity index (χ0v) is 10.1. The molecule has 3 heteroatoms. The van der Waals surface area contributed by atoms with Crippen molar-refractivity contribution in [3.63, 3.8) is 0 Å². The van der Waals surface area contributed by atoms with Gasteiger partial charge in [0.1, 0.15) is 5.75 Å². The largest absolute Gasteiger partial charge is 0.506 e. The Morgan fingerprint density at radius 2 is 2.06 bits per heavy atom. The van der Waals surface area contributed by atoms with Gasteiger partial charge in [-0.15, -0.1) is 0 Å². The number of piperidine rings is 1. The number of aromatic hydroxyl groups is 1. The highest BCUT2D eigenvalue weighted by atomic mass is 35.5. The molecule has 2 nitrogen and oxygen atoms in total. The van der Waals surface area contributed by atoms with Gasteiger partial charge in [0.15, 0.2) is 0 Å². The minimum Gasteiger partial charge on any atom is -0.506 e. The monoisotopic (exact) mass is 239 g/mol. The van der Waals surface area contributed by atoms with E-state index in [2.05, 4.69) is 5.32 Å². The van der Waals surface area contributed by atoms with Gasteiger partial charge < -0.3 is 10.4 Å². The second-order valence-electron chi connectivity index (χ2n) is 4.52. The van der Waals surface area contributed by atoms with E-state index in [0.717, 1.165) is 25.4 Å². The number of nitrogens with one attached hydrogen (secondary N) is 1. The fraction of sp³-hybridized carbons (Fsp3) is 0.538. The van der Waals surface area contributed by atoms with Gasteiger partial charge in [-0.05, 0) is 62.4 Å². The summed E-state index contributed by atoms with van der Waals surface area (Å²) in [7, 11) is 0. The molecule has 16 heavy (non-hydrogen) atoms. The molecule has 1 aliphatic heterocycles. The average Bonchev–Trinajstić information content (AvgIpc) is 2.32. The van der Waals surface area contributed by atoms with E-state index in [1.807, 2.05) is 12.1 Å². The maximum atomic E-state index is 9.32. The lowest BCUT2D eigenvalue weighted by Gasteiger charge is -2.22. The number of halogens is 1. The Balaban J connectivity index is 1.86. The maximum absolute atomic E-state index is 9.32. The summed E-state index contributed by atoms with van der Waals surface area (Å²) in [5.74, 6) is 1.01. The van der Waals surface area contributed by atoms with E-state index in [-0.39, 0.29) is 5.75 Å². The van der Waals surface area contributed by atoms with Gasteiger partial charge in [-0.25, -0.2) is 0 Å². The normalized spacial score (nSPS) is 17.6. The highest BCUT2D eigenvalue weighted by Crippen LogP contribution is 2.25. The Morgan fingerprint density at radius 1 is 1.31 bits per heavy atom. The standard InChI is InChI=1S/C13H18ClNO/c14-12-9-11(3-4-13(12)16)2-1-10-5-7-15-8-6-10/h3-4,9-10,15-16H,1-2,5-8H2. The topological polar surface area (TPSA) is 32.3 Å². The van der Waals surface area contributed by atoms with Crippen LogP contribution in [0.2, 0.25) is 5.02 Å². The quantitative estimate of drug-likeness (QED) is 0.850. The molecule has 0 radical (unpaired) electrons. The fourth-order valence-corrected chi connectivity index (χ4v) is 2.45. The molecular formula is C13H18ClNO. The summed E-state index contributed by atoms with van der Waals surface area (Å²) in [5.41, 5.74) is 1.22. The van der Waals surface area contributed by atoms with Crippen LogP contribution < -0.4 is 5.32 Å². The van der Waals surface area contributed by atoms with E-state index in [1.54, 1.807) is 6.07 Å². The molecule has 1 heterocycles. The Morgan fingerprint density at radius 3 is 2.75 bits per heavy atom. The molecule has 0 bridgehead atoms. The predicted octanol–water partition coefficient (Wildman–Crippen LogP) is 2.98. The molecular weight excluding hydrogens is 222 g/mol. The number of phenols is 1. The molecule has 1 saturated heterocycles. The lowest BCUT2D eigenvalue weighted by Crippen LogP contribution is -2.27. The van der Waals surface area contributed by atoms with Crippen molar-refractivity contribution >= 4 is 11.6 Å². The van der Waals surface area contributed by atoms with Crippen molar-refractivity contribution < 1.29 is 5.11 Å². The first-order valence-corrected chi connectivity index (χ1v) is 6.31. The Labute approximate surface area is 102 Å². The van der Waals surface area contributed by atoms with Crippen LogP contribution in [0.4, 0.5) is 0 Å². The van der Waals surface area contributed by atoms with E-state index in [4.69, 9.17) is 11.6 Å². The highest BCUT2D eigenvalue weighted by Gasteiger charge is 2.12. The van der Waals surface area contributed by atoms with E-state index in [0.29, 0.717) is 5.02 Å². The summed E-state index contributed by atoms with van der Waals surface area (Å²) >= 11 is 5.88. The number of benzene rings is 1. The second-order valence-corrected chi connectivity index (χ2v) is 4.93. The summed E-state index contributed by atoms with van der Waals surface area (Å²) < 4.78 is 0. The van der Waals surface area contributed by atoms with Gasteiger partial charge in [-0.2, -0.15) is 0 Å². The van der Waals surface area contributed by atoms with Crippen LogP contribution in [0, 0.1) is 5.92 Å². The highest BCUT2D eigenvalue weighted by molar-refractivity contribution is 6.32. The molecule has 2 rings (SSSR count). The van der Waals surface area contributed by atoms with Crippen molar-refractivity contribution in [2.24, 2.45) is 5.92 Å². The van der Waals surface area contributed by atoms with Crippen LogP contribution in [-0.2, 0) is 6.42 Å². The van der Waals surface area contributed by atoms with Crippen molar-refractivity contribution in [2.45, 2.75) is 25.7 Å². The summed E-state index contributed by atoms with van der Waals surface area (Å²) in [5, 5.41) is 13.2. The first kappa shape index (κ1) is 11.7. The second kappa shape index (κ2) is 5.55. The summed E-state index contributed by atoms with van der Waals surface area (Å²) in [6.45, 7) is 2.31. The molecule has 2 N–H and O–H groups in total. The van der Waals surface area contributed by atoms with Crippen molar-refractivity contribution in [1.82, 2.24) is 5.32 Å². The third-order valence-corrected chi connectivity index (χ3v) is 3.61. The summed E-state index contributed by atoms with van der Waals surface area (Å²) in [6.07, 6.45) is 4.85. The van der Waals surface area contributed by atoms with Crippen LogP contribution >= 0.6 is 11.6 Å². The molecule has 1 fully saturated rings. The van der Waals surface area contributed by atoms with Gasteiger partial charge in [-0.1, -0.05) is 17.7 Å². The minimum absolute atomic E-state index is 0.173. The number of rotatable bonds is 3. The van der Waals surface area contributed by atoms with Crippen molar-refractivity contribution in [3.05, 3.63) is 28.8 Å². The van der Waals surface area contributed by atoms with E-state index >= 15 is 0 Å². The van der Waals surface area contributed by atoms with Crippen LogP contribution in [0.5, 0.6) is 5.75 Å². The molecule has 0 spiro atoms. The molecule has 1 aliphatic rings. The summed E-state index contributed by atoms with van der Waals surface area (Å²) in [4.78, 5) is 0. The van der Waals surface area contributed by atoms with Crippen molar-refractivity contribution in [2.75, 3.05) is 13.1 Å². The van der Waals surface area contributed by atoms with E-state index in [1.165, 1.54) is 24.8 Å². The van der Waals surface area contributed by atoms with Gasteiger partial charge >= 0.3 is 0 Å². The van der Waals surface area contributed by atoms with Gasteiger partial charge in [-0.3, -0.25) is 0 Å². The van der Waals surface area contributed by atoms with Gasteiger partial charge in [0.25, 0.3) is 0 Å². The van der Waals surface area contributed by atoms with Crippen LogP contribution in [-0.4, -0.2) is 18.2 Å². The van der Waals surface area contributed by atoms with Crippen LogP contribution in [0.25, 0.3) is 0 Å². The van der Waals surface area contributed by atoms with Crippen LogP contribution in [0.15, 0.2) is 18.2 Å². The van der Waals surface area contributed by atoms with Crippen LogP contribution in [0.1, 0.15) is 24.8 Å². The molecule has 0 amide bonds. The zero-order chi connectivity index (χ0) is 11.4. The Hall–Kier alpha value is -0.730. The maximum Gasteiger partial charge on any atom is 0.134 e. The molecule has 0 aliphatic carbocycles. The average molecular weight is 240 g/mol. The third-order valence-electron chi connectivity index (χ3n) is 3.31. The van der Waals surface area contributed by atoms with Crippen LogP contribution in [0.3, 0.4) is 0 Å². The van der Waals surface area contributed by atoms with Gasteiger partial charge in [0.2, 0.25) is 0 Å². The van der Waals surface area contributed by atoms with Crippen molar-refractivity contribution in [1.29, 1.82) is 0 Å². The minimum atomic E-state index is 0.173. The first-order chi connectivity index (χ1) is 7.75. The van der Waals surface area contributed by atoms with E-state index < -0.39 is 0 Å². The Bertz CT molecular complexity index is 348. The molecule has 1 aromatic rings. The predicted molar refractivity (Wildman–Crippen MR) is 67.0 cm³/mol. The van der Waals surface area contributed by atoms with E-state index in [9.17, 15) is 5.11 Å². The summed E-state index contributed by atoms with van der Waals surface area (Å²) in [6, 6.07) is 5.51. The first-order valence-electron chi connectivity index (χ1n) is 5.94. The number of aryl methyl sites for hydroxylation is 1. The number of hydrogen-bond acceptors (Lipinski definition) is 2. The van der Waals surface area contributed by atoms with Gasteiger partial charge in [0.05, 0.1) is 5.02 Å². The molecule has 0 saturated carbocycles. The fourth-order valence-electron chi connectivity index (χ4n) is 2.25. The number of hydrogen-bond donors (Lipinski definition) is 2. The van der Waals surface area contributed by atoms with Crippen molar-refractivity contribution in [3.8, 4) is 5.75 Å². The lowest BCUT2D eigenvalue weighted by molar-refractivity contribution is 0.354. The molecule has 0 aromatic heterocycles. The SMILES string of the molecule is Oc1ccc(CCC2CCNCC2)cc1Cl.